The van der Waals surface area contributed by atoms with Gasteiger partial charge in [-0.05, 0) is 123 Å². The molecule has 9 aromatic rings. The number of nitrogens with zero attached hydrogens (tertiary/aromatic N) is 1. The van der Waals surface area contributed by atoms with Crippen LogP contribution in [-0.4, -0.2) is 6.10 Å². The molecule has 270 valence electrons. The number of para-hydroxylation sites is 1. The van der Waals surface area contributed by atoms with Crippen molar-refractivity contribution >= 4 is 39.0 Å². The Morgan fingerprint density at radius 2 is 0.877 bits per heavy atom. The van der Waals surface area contributed by atoms with Crippen LogP contribution in [0.1, 0.15) is 11.5 Å². The van der Waals surface area contributed by atoms with E-state index in [1.165, 1.54) is 38.9 Å². The molecule has 2 atom stereocenters. The van der Waals surface area contributed by atoms with Crippen LogP contribution in [0.3, 0.4) is 0 Å². The van der Waals surface area contributed by atoms with Crippen LogP contribution in [0.4, 0.5) is 17.1 Å². The molecule has 0 fully saturated rings. The summed E-state index contributed by atoms with van der Waals surface area (Å²) in [5.41, 5.74) is 15.8. The smallest absolute Gasteiger partial charge is 0.135 e. The van der Waals surface area contributed by atoms with Crippen LogP contribution >= 0.6 is 0 Å². The Kier molecular flexibility index (Phi) is 7.96. The lowest BCUT2D eigenvalue weighted by Gasteiger charge is -2.26. The summed E-state index contributed by atoms with van der Waals surface area (Å²) in [5, 5.41) is 2.27. The van der Waals surface area contributed by atoms with Gasteiger partial charge in [0.05, 0.1) is 0 Å². The summed E-state index contributed by atoms with van der Waals surface area (Å²) in [7, 11) is 0. The Bertz CT molecular complexity index is 2970. The summed E-state index contributed by atoms with van der Waals surface area (Å²) in [6.07, 6.45) is 8.67. The van der Waals surface area contributed by atoms with Crippen LogP contribution in [0.2, 0.25) is 0 Å². The van der Waals surface area contributed by atoms with E-state index in [0.29, 0.717) is 0 Å². The molecular formula is C54H37NO2. The molecule has 0 spiro atoms. The van der Waals surface area contributed by atoms with Gasteiger partial charge in [0.15, 0.2) is 0 Å². The molecule has 0 saturated heterocycles. The summed E-state index contributed by atoms with van der Waals surface area (Å²) >= 11 is 0. The van der Waals surface area contributed by atoms with Gasteiger partial charge in [-0.15, -0.1) is 0 Å². The second-order valence-electron chi connectivity index (χ2n) is 14.9. The predicted octanol–water partition coefficient (Wildman–Crippen LogP) is 14.7. The van der Waals surface area contributed by atoms with Gasteiger partial charge in [0.1, 0.15) is 23.0 Å². The van der Waals surface area contributed by atoms with E-state index in [1.54, 1.807) is 0 Å². The molecule has 1 aliphatic heterocycles. The average molecular weight is 732 g/mol. The van der Waals surface area contributed by atoms with E-state index in [4.69, 9.17) is 9.15 Å². The van der Waals surface area contributed by atoms with Crippen LogP contribution in [0.15, 0.2) is 217 Å². The molecular weight excluding hydrogens is 695 g/mol. The van der Waals surface area contributed by atoms with E-state index >= 15 is 0 Å². The number of anilines is 3. The van der Waals surface area contributed by atoms with Crippen molar-refractivity contribution in [3.63, 3.8) is 0 Å². The third-order valence-electron chi connectivity index (χ3n) is 11.4. The summed E-state index contributed by atoms with van der Waals surface area (Å²) in [4.78, 5) is 2.34. The number of allylic oxidation sites excluding steroid dienone is 2. The van der Waals surface area contributed by atoms with E-state index in [2.05, 4.69) is 205 Å². The van der Waals surface area contributed by atoms with Gasteiger partial charge in [0, 0.05) is 39.3 Å². The lowest BCUT2D eigenvalue weighted by molar-refractivity contribution is 0.269. The number of ether oxygens (including phenoxy) is 1. The molecule has 0 bridgehead atoms. The van der Waals surface area contributed by atoms with Gasteiger partial charge < -0.3 is 14.1 Å². The van der Waals surface area contributed by atoms with E-state index in [-0.39, 0.29) is 12.0 Å². The van der Waals surface area contributed by atoms with Crippen molar-refractivity contribution in [2.24, 2.45) is 0 Å². The van der Waals surface area contributed by atoms with Crippen LogP contribution in [0.25, 0.3) is 66.4 Å². The summed E-state index contributed by atoms with van der Waals surface area (Å²) in [6.45, 7) is 0. The fourth-order valence-electron chi connectivity index (χ4n) is 8.49. The maximum Gasteiger partial charge on any atom is 0.135 e. The van der Waals surface area contributed by atoms with Gasteiger partial charge >= 0.3 is 0 Å². The molecule has 57 heavy (non-hydrogen) atoms. The quantitative estimate of drug-likeness (QED) is 0.163. The highest BCUT2D eigenvalue weighted by Gasteiger charge is 2.32. The highest BCUT2D eigenvalue weighted by molar-refractivity contribution is 6.06. The lowest BCUT2D eigenvalue weighted by Crippen LogP contribution is -2.15. The monoisotopic (exact) mass is 731 g/mol. The van der Waals surface area contributed by atoms with Gasteiger partial charge in [-0.2, -0.15) is 0 Å². The Hall–Kier alpha value is -7.36. The van der Waals surface area contributed by atoms with Gasteiger partial charge in [0.25, 0.3) is 0 Å². The number of rotatable bonds is 7. The number of hydrogen-bond donors (Lipinski definition) is 0. The summed E-state index contributed by atoms with van der Waals surface area (Å²) in [5.74, 6) is 1.23. The molecule has 0 N–H and O–H groups in total. The van der Waals surface area contributed by atoms with Crippen molar-refractivity contribution in [1.29, 1.82) is 0 Å². The third-order valence-corrected chi connectivity index (χ3v) is 11.4. The average Bonchev–Trinajstić information content (AvgIpc) is 3.85. The van der Waals surface area contributed by atoms with Crippen molar-refractivity contribution in [2.75, 3.05) is 4.90 Å². The molecule has 2 aliphatic rings. The van der Waals surface area contributed by atoms with E-state index in [0.717, 1.165) is 55.9 Å². The molecule has 3 heteroatoms. The van der Waals surface area contributed by atoms with Crippen molar-refractivity contribution in [2.45, 2.75) is 12.0 Å². The first-order valence-electron chi connectivity index (χ1n) is 19.6. The van der Waals surface area contributed by atoms with Gasteiger partial charge in [-0.25, -0.2) is 0 Å². The number of hydrogen-bond acceptors (Lipinski definition) is 3. The Labute approximate surface area is 332 Å². The maximum atomic E-state index is 6.23. The van der Waals surface area contributed by atoms with Gasteiger partial charge in [0.2, 0.25) is 0 Å². The SMILES string of the molecule is C1=CC2Oc3ccc(-c4ccc(N(c5ccc(-c6cccc(-c7ccccc7)c6)cc5)c5ccc(-c6ccc7oc8ccccc8c7c6)cc5)cc4)cc3C2C=C1. The zero-order valence-corrected chi connectivity index (χ0v) is 31.1. The van der Waals surface area contributed by atoms with Crippen molar-refractivity contribution < 1.29 is 9.15 Å². The van der Waals surface area contributed by atoms with Crippen LogP contribution in [0, 0.1) is 0 Å². The standard InChI is InChI=1S/C54H37NO2/c1-2-9-36(10-3-1)40-11-8-12-41(33-40)37-17-25-44(26-18-37)55(45-27-19-38(20-28-45)42-23-31-53-49(34-42)47-13-4-6-15-51(47)56-53)46-29-21-39(22-30-46)43-24-32-54-50(35-43)48-14-5-7-16-52(48)57-54/h1-35,47,51H. The van der Waals surface area contributed by atoms with Crippen molar-refractivity contribution in [1.82, 2.24) is 0 Å². The molecule has 0 amide bonds. The van der Waals surface area contributed by atoms with Gasteiger partial charge in [-0.3, -0.25) is 0 Å². The molecule has 0 radical (unpaired) electrons. The minimum atomic E-state index is 0.0789. The minimum absolute atomic E-state index is 0.0789. The molecule has 11 rings (SSSR count). The fraction of sp³-hybridized carbons (Fsp3) is 0.0370. The van der Waals surface area contributed by atoms with E-state index in [9.17, 15) is 0 Å². The largest absolute Gasteiger partial charge is 0.485 e. The van der Waals surface area contributed by atoms with Crippen molar-refractivity contribution in [3.8, 4) is 50.3 Å². The summed E-state index contributed by atoms with van der Waals surface area (Å²) < 4.78 is 12.3. The first-order chi connectivity index (χ1) is 28.2. The second kappa shape index (κ2) is 13.7. The Morgan fingerprint density at radius 3 is 1.56 bits per heavy atom. The van der Waals surface area contributed by atoms with Crippen LogP contribution in [-0.2, 0) is 0 Å². The van der Waals surface area contributed by atoms with Crippen LogP contribution in [0.5, 0.6) is 5.75 Å². The van der Waals surface area contributed by atoms with E-state index in [1.807, 2.05) is 12.1 Å². The molecule has 2 heterocycles. The maximum absolute atomic E-state index is 6.23. The number of fused-ring (bicyclic) bond motifs is 6. The van der Waals surface area contributed by atoms with Crippen molar-refractivity contribution in [3.05, 3.63) is 218 Å². The fourth-order valence-corrected chi connectivity index (χ4v) is 8.49. The normalized spacial score (nSPS) is 15.4. The molecule has 0 saturated carbocycles. The zero-order chi connectivity index (χ0) is 37.7. The first kappa shape index (κ1) is 33.0. The molecule has 8 aromatic carbocycles. The Morgan fingerprint density at radius 1 is 0.368 bits per heavy atom. The van der Waals surface area contributed by atoms with Crippen LogP contribution < -0.4 is 9.64 Å². The lowest BCUT2D eigenvalue weighted by atomic mass is 9.90. The topological polar surface area (TPSA) is 25.6 Å². The number of benzene rings is 8. The third kappa shape index (κ3) is 6.01. The van der Waals surface area contributed by atoms with E-state index < -0.39 is 0 Å². The van der Waals surface area contributed by atoms with Gasteiger partial charge in [-0.1, -0.05) is 133 Å². The number of furan rings is 1. The Balaban J connectivity index is 0.945. The minimum Gasteiger partial charge on any atom is -0.485 e. The molecule has 1 aromatic heterocycles. The molecule has 3 nitrogen and oxygen atoms in total. The highest BCUT2D eigenvalue weighted by Crippen LogP contribution is 2.44. The molecule has 1 aliphatic carbocycles. The zero-order valence-electron chi connectivity index (χ0n) is 31.1. The predicted molar refractivity (Wildman–Crippen MR) is 236 cm³/mol. The second-order valence-corrected chi connectivity index (χ2v) is 14.9. The molecule has 2 unspecified atom stereocenters. The highest BCUT2D eigenvalue weighted by atomic mass is 16.5. The first-order valence-corrected chi connectivity index (χ1v) is 19.6. The summed E-state index contributed by atoms with van der Waals surface area (Å²) in [6, 6.07) is 67.4.